The highest BCUT2D eigenvalue weighted by molar-refractivity contribution is 6.31. The second-order valence-electron chi connectivity index (χ2n) is 4.72. The molecule has 0 saturated carbocycles. The molecular formula is C13H17Cl2F3N2O. The summed E-state index contributed by atoms with van der Waals surface area (Å²) in [6.45, 7) is 2.55. The Balaban J connectivity index is 0.00000220. The van der Waals surface area contributed by atoms with Gasteiger partial charge in [0.25, 0.3) is 0 Å². The number of halogens is 5. The topological polar surface area (TPSA) is 35.5 Å². The summed E-state index contributed by atoms with van der Waals surface area (Å²) in [6.07, 6.45) is -4.41. The van der Waals surface area contributed by atoms with Crippen molar-refractivity contribution in [2.75, 3.05) is 32.8 Å². The fourth-order valence-corrected chi connectivity index (χ4v) is 2.62. The summed E-state index contributed by atoms with van der Waals surface area (Å²) in [5, 5.41) is 13.0. The standard InChI is InChI=1S/C13H16ClF3N2O.ClH/c14-11-2-1-9(13(15,16)17)7-10(11)12(8-20)19-5-3-18-4-6-19;/h1-2,7,12,18,20H,3-6,8H2;1H/t12-;/m0./s1. The van der Waals surface area contributed by atoms with Crippen molar-refractivity contribution in [3.8, 4) is 0 Å². The minimum Gasteiger partial charge on any atom is -0.394 e. The molecule has 0 unspecified atom stereocenters. The highest BCUT2D eigenvalue weighted by atomic mass is 35.5. The van der Waals surface area contributed by atoms with Crippen LogP contribution >= 0.6 is 24.0 Å². The van der Waals surface area contributed by atoms with Gasteiger partial charge in [-0.1, -0.05) is 11.6 Å². The maximum absolute atomic E-state index is 12.8. The van der Waals surface area contributed by atoms with Gasteiger partial charge < -0.3 is 10.4 Å². The number of rotatable bonds is 3. The first-order valence-electron chi connectivity index (χ1n) is 6.35. The minimum atomic E-state index is -4.41. The molecule has 0 radical (unpaired) electrons. The lowest BCUT2D eigenvalue weighted by atomic mass is 10.0. The Morgan fingerprint density at radius 2 is 1.90 bits per heavy atom. The number of hydrogen-bond donors (Lipinski definition) is 2. The molecule has 0 bridgehead atoms. The smallest absolute Gasteiger partial charge is 0.394 e. The van der Waals surface area contributed by atoms with Crippen LogP contribution in [0.1, 0.15) is 17.2 Å². The molecule has 120 valence electrons. The molecule has 1 saturated heterocycles. The molecule has 8 heteroatoms. The van der Waals surface area contributed by atoms with E-state index in [1.807, 2.05) is 4.90 Å². The van der Waals surface area contributed by atoms with E-state index in [1.165, 1.54) is 6.07 Å². The van der Waals surface area contributed by atoms with Crippen molar-refractivity contribution in [3.63, 3.8) is 0 Å². The van der Waals surface area contributed by atoms with E-state index in [0.29, 0.717) is 18.7 Å². The largest absolute Gasteiger partial charge is 0.416 e. The molecule has 1 aromatic carbocycles. The summed E-state index contributed by atoms with van der Waals surface area (Å²) >= 11 is 6.02. The lowest BCUT2D eigenvalue weighted by molar-refractivity contribution is -0.137. The first kappa shape index (κ1) is 18.5. The maximum atomic E-state index is 12.8. The van der Waals surface area contributed by atoms with Crippen molar-refractivity contribution >= 4 is 24.0 Å². The average molecular weight is 345 g/mol. The molecule has 1 fully saturated rings. The van der Waals surface area contributed by atoms with Gasteiger partial charge in [0.2, 0.25) is 0 Å². The molecule has 0 spiro atoms. The Bertz CT molecular complexity index is 465. The first-order chi connectivity index (χ1) is 9.43. The van der Waals surface area contributed by atoms with Gasteiger partial charge in [0.05, 0.1) is 18.2 Å². The zero-order valence-corrected chi connectivity index (χ0v) is 12.7. The number of nitrogens with one attached hydrogen (secondary N) is 1. The van der Waals surface area contributed by atoms with Crippen LogP contribution in [0.5, 0.6) is 0 Å². The number of hydrogen-bond acceptors (Lipinski definition) is 3. The first-order valence-corrected chi connectivity index (χ1v) is 6.73. The zero-order chi connectivity index (χ0) is 14.8. The van der Waals surface area contributed by atoms with Gasteiger partial charge in [-0.15, -0.1) is 12.4 Å². The van der Waals surface area contributed by atoms with Crippen LogP contribution in [-0.2, 0) is 6.18 Å². The van der Waals surface area contributed by atoms with Gasteiger partial charge in [0.1, 0.15) is 0 Å². The molecule has 21 heavy (non-hydrogen) atoms. The van der Waals surface area contributed by atoms with E-state index in [0.717, 1.165) is 25.2 Å². The molecule has 1 aromatic rings. The molecule has 3 nitrogen and oxygen atoms in total. The highest BCUT2D eigenvalue weighted by Gasteiger charge is 2.32. The van der Waals surface area contributed by atoms with Gasteiger partial charge in [-0.05, 0) is 23.8 Å². The van der Waals surface area contributed by atoms with Crippen LogP contribution in [0, 0.1) is 0 Å². The number of alkyl halides is 3. The van der Waals surface area contributed by atoms with Crippen molar-refractivity contribution in [1.29, 1.82) is 0 Å². The van der Waals surface area contributed by atoms with E-state index in [2.05, 4.69) is 5.32 Å². The lowest BCUT2D eigenvalue weighted by Gasteiger charge is -2.34. The van der Waals surface area contributed by atoms with Crippen LogP contribution in [0.4, 0.5) is 13.2 Å². The number of nitrogens with zero attached hydrogens (tertiary/aromatic N) is 1. The number of benzene rings is 1. The van der Waals surface area contributed by atoms with Crippen molar-refractivity contribution in [2.45, 2.75) is 12.2 Å². The van der Waals surface area contributed by atoms with Crippen LogP contribution in [0.15, 0.2) is 18.2 Å². The summed E-state index contributed by atoms with van der Waals surface area (Å²) in [5.41, 5.74) is -0.420. The van der Waals surface area contributed by atoms with E-state index in [-0.39, 0.29) is 24.0 Å². The van der Waals surface area contributed by atoms with E-state index in [1.54, 1.807) is 0 Å². The van der Waals surface area contributed by atoms with E-state index in [4.69, 9.17) is 11.6 Å². The van der Waals surface area contributed by atoms with E-state index < -0.39 is 17.8 Å². The van der Waals surface area contributed by atoms with Crippen LogP contribution in [0.2, 0.25) is 5.02 Å². The van der Waals surface area contributed by atoms with Crippen LogP contribution in [-0.4, -0.2) is 42.8 Å². The van der Waals surface area contributed by atoms with Gasteiger partial charge in [0.15, 0.2) is 0 Å². The zero-order valence-electron chi connectivity index (χ0n) is 11.2. The second kappa shape index (κ2) is 7.65. The Morgan fingerprint density at radius 3 is 2.43 bits per heavy atom. The molecule has 1 atom stereocenters. The maximum Gasteiger partial charge on any atom is 0.416 e. The molecule has 2 N–H and O–H groups in total. The fraction of sp³-hybridized carbons (Fsp3) is 0.538. The highest BCUT2D eigenvalue weighted by Crippen LogP contribution is 2.35. The van der Waals surface area contributed by atoms with Gasteiger partial charge in [-0.25, -0.2) is 0 Å². The third-order valence-electron chi connectivity index (χ3n) is 3.45. The van der Waals surface area contributed by atoms with Gasteiger partial charge in [0, 0.05) is 31.2 Å². The molecule has 1 aliphatic heterocycles. The van der Waals surface area contributed by atoms with Crippen LogP contribution in [0.25, 0.3) is 0 Å². The van der Waals surface area contributed by atoms with Gasteiger partial charge in [-0.2, -0.15) is 13.2 Å². The minimum absolute atomic E-state index is 0. The number of piperazine rings is 1. The summed E-state index contributed by atoms with van der Waals surface area (Å²) in [4.78, 5) is 1.94. The van der Waals surface area contributed by atoms with Crippen molar-refractivity contribution in [2.24, 2.45) is 0 Å². The Morgan fingerprint density at radius 1 is 1.29 bits per heavy atom. The molecule has 2 rings (SSSR count). The summed E-state index contributed by atoms with van der Waals surface area (Å²) in [5.74, 6) is 0. The Kier molecular flexibility index (Phi) is 6.74. The number of aliphatic hydroxyl groups is 1. The Hall–Kier alpha value is -0.530. The fourth-order valence-electron chi connectivity index (χ4n) is 2.38. The Labute approximate surface area is 132 Å². The van der Waals surface area contributed by atoms with Gasteiger partial charge in [-0.3, -0.25) is 4.90 Å². The summed E-state index contributed by atoms with van der Waals surface area (Å²) in [6, 6.07) is 2.72. The quantitative estimate of drug-likeness (QED) is 0.884. The average Bonchev–Trinajstić information content (AvgIpc) is 2.41. The lowest BCUT2D eigenvalue weighted by Crippen LogP contribution is -2.46. The molecule has 1 heterocycles. The molecular weight excluding hydrogens is 328 g/mol. The van der Waals surface area contributed by atoms with Crippen molar-refractivity contribution in [1.82, 2.24) is 10.2 Å². The summed E-state index contributed by atoms with van der Waals surface area (Å²) in [7, 11) is 0. The van der Waals surface area contributed by atoms with E-state index >= 15 is 0 Å². The second-order valence-corrected chi connectivity index (χ2v) is 5.13. The van der Waals surface area contributed by atoms with E-state index in [9.17, 15) is 18.3 Å². The van der Waals surface area contributed by atoms with Crippen molar-refractivity contribution < 1.29 is 18.3 Å². The SMILES string of the molecule is Cl.OC[C@@H](c1cc(C(F)(F)F)ccc1Cl)N1CCNCC1. The monoisotopic (exact) mass is 344 g/mol. The predicted molar refractivity (Wildman–Crippen MR) is 78.0 cm³/mol. The van der Waals surface area contributed by atoms with Gasteiger partial charge >= 0.3 is 6.18 Å². The van der Waals surface area contributed by atoms with Crippen LogP contribution in [0.3, 0.4) is 0 Å². The molecule has 1 aliphatic rings. The number of aliphatic hydroxyl groups excluding tert-OH is 1. The molecule has 0 amide bonds. The third kappa shape index (κ3) is 4.47. The predicted octanol–water partition coefficient (Wildman–Crippen LogP) is 2.72. The summed E-state index contributed by atoms with van der Waals surface area (Å²) < 4.78 is 38.3. The third-order valence-corrected chi connectivity index (χ3v) is 3.79. The van der Waals surface area contributed by atoms with Crippen LogP contribution < -0.4 is 5.32 Å². The molecule has 0 aromatic heterocycles. The van der Waals surface area contributed by atoms with Crippen molar-refractivity contribution in [3.05, 3.63) is 34.3 Å². The normalized spacial score (nSPS) is 18.1. The molecule has 0 aliphatic carbocycles.